The number of rotatable bonds is 4. The second-order valence-electron chi connectivity index (χ2n) is 5.68. The number of hydrogen-bond acceptors (Lipinski definition) is 4. The van der Waals surface area contributed by atoms with Gasteiger partial charge in [0.1, 0.15) is 11.6 Å². The second kappa shape index (κ2) is 6.45. The number of halogens is 1. The molecule has 2 aromatic rings. The Bertz CT molecular complexity index is 693. The van der Waals surface area contributed by atoms with Crippen molar-refractivity contribution in [3.8, 4) is 5.69 Å². The van der Waals surface area contributed by atoms with Crippen LogP contribution in [-0.4, -0.2) is 39.4 Å². The van der Waals surface area contributed by atoms with Crippen LogP contribution in [0.3, 0.4) is 0 Å². The lowest BCUT2D eigenvalue weighted by Gasteiger charge is -2.18. The van der Waals surface area contributed by atoms with E-state index in [0.717, 1.165) is 19.4 Å². The monoisotopic (exact) mass is 318 g/mol. The predicted octanol–water partition coefficient (Wildman–Crippen LogP) is 2.01. The maximum Gasteiger partial charge on any atom is 0.291 e. The third-order valence-electron chi connectivity index (χ3n) is 3.92. The summed E-state index contributed by atoms with van der Waals surface area (Å²) in [6.07, 6.45) is 2.00. The van der Waals surface area contributed by atoms with Crippen LogP contribution in [-0.2, 0) is 4.74 Å². The van der Waals surface area contributed by atoms with Gasteiger partial charge in [-0.3, -0.25) is 4.79 Å². The van der Waals surface area contributed by atoms with Gasteiger partial charge < -0.3 is 10.1 Å². The van der Waals surface area contributed by atoms with E-state index in [1.54, 1.807) is 19.1 Å². The Labute approximate surface area is 133 Å². The van der Waals surface area contributed by atoms with Crippen molar-refractivity contribution in [3.05, 3.63) is 41.7 Å². The summed E-state index contributed by atoms with van der Waals surface area (Å²) in [5.74, 6) is -0.00460. The Hall–Kier alpha value is -2.28. The van der Waals surface area contributed by atoms with Crippen LogP contribution in [0.5, 0.6) is 0 Å². The van der Waals surface area contributed by atoms with E-state index < -0.39 is 0 Å². The summed E-state index contributed by atoms with van der Waals surface area (Å²) in [5.41, 5.74) is 0.655. The zero-order chi connectivity index (χ0) is 16.4. The summed E-state index contributed by atoms with van der Waals surface area (Å²) in [6, 6.07) is 5.77. The predicted molar refractivity (Wildman–Crippen MR) is 82.0 cm³/mol. The molecule has 1 aromatic heterocycles. The highest BCUT2D eigenvalue weighted by molar-refractivity contribution is 5.90. The molecule has 2 atom stereocenters. The fourth-order valence-electron chi connectivity index (χ4n) is 2.67. The van der Waals surface area contributed by atoms with Gasteiger partial charge in [-0.1, -0.05) is 0 Å². The van der Waals surface area contributed by atoms with E-state index in [-0.39, 0.29) is 29.7 Å². The molecule has 1 N–H and O–H groups in total. The van der Waals surface area contributed by atoms with Gasteiger partial charge in [0.25, 0.3) is 5.91 Å². The van der Waals surface area contributed by atoms with Crippen molar-refractivity contribution in [2.24, 2.45) is 0 Å². The summed E-state index contributed by atoms with van der Waals surface area (Å²) in [4.78, 5) is 16.5. The first-order chi connectivity index (χ1) is 11.0. The highest BCUT2D eigenvalue weighted by atomic mass is 19.1. The van der Waals surface area contributed by atoms with Gasteiger partial charge in [0.05, 0.1) is 17.8 Å². The topological polar surface area (TPSA) is 69.0 Å². The zero-order valence-electron chi connectivity index (χ0n) is 13.1. The fraction of sp³-hybridized carbons (Fsp3) is 0.438. The van der Waals surface area contributed by atoms with Crippen molar-refractivity contribution >= 4 is 5.91 Å². The summed E-state index contributed by atoms with van der Waals surface area (Å²) < 4.78 is 20.1. The molecule has 0 unspecified atom stereocenters. The largest absolute Gasteiger partial charge is 0.376 e. The molecule has 3 rings (SSSR count). The Balaban J connectivity index is 1.74. The summed E-state index contributed by atoms with van der Waals surface area (Å²) in [7, 11) is 0. The maximum absolute atomic E-state index is 13.0. The number of carbonyl (C=O) groups is 1. The number of ether oxygens (including phenoxy) is 1. The first kappa shape index (κ1) is 15.6. The van der Waals surface area contributed by atoms with Crippen molar-refractivity contribution < 1.29 is 13.9 Å². The van der Waals surface area contributed by atoms with E-state index in [4.69, 9.17) is 4.74 Å². The van der Waals surface area contributed by atoms with Gasteiger partial charge in [0.15, 0.2) is 0 Å². The third kappa shape index (κ3) is 3.39. The molecule has 23 heavy (non-hydrogen) atoms. The van der Waals surface area contributed by atoms with Crippen molar-refractivity contribution in [2.75, 3.05) is 6.61 Å². The van der Waals surface area contributed by atoms with Gasteiger partial charge in [0, 0.05) is 6.61 Å². The molecule has 1 aromatic carbocycles. The van der Waals surface area contributed by atoms with E-state index in [2.05, 4.69) is 15.4 Å². The van der Waals surface area contributed by atoms with E-state index in [1.807, 2.05) is 6.92 Å². The van der Waals surface area contributed by atoms with Crippen molar-refractivity contribution in [2.45, 2.75) is 38.8 Å². The van der Waals surface area contributed by atoms with E-state index in [0.29, 0.717) is 11.5 Å². The highest BCUT2D eigenvalue weighted by Crippen LogP contribution is 2.16. The number of nitrogens with one attached hydrogen (secondary N) is 1. The molecule has 1 aliphatic rings. The number of carbonyl (C=O) groups excluding carboxylic acids is 1. The summed E-state index contributed by atoms with van der Waals surface area (Å²) in [6.45, 7) is 4.40. The number of aromatic nitrogens is 3. The molecule has 1 saturated heterocycles. The van der Waals surface area contributed by atoms with Crippen LogP contribution in [0.1, 0.15) is 36.2 Å². The van der Waals surface area contributed by atoms with Gasteiger partial charge in [-0.15, -0.1) is 5.10 Å². The third-order valence-corrected chi connectivity index (χ3v) is 3.92. The van der Waals surface area contributed by atoms with Crippen molar-refractivity contribution in [1.29, 1.82) is 0 Å². The first-order valence-corrected chi connectivity index (χ1v) is 7.66. The molecule has 0 bridgehead atoms. The SMILES string of the molecule is Cc1nc(C(=O)N[C@H](C)[C@@H]2CCCO2)nn1-c1ccc(F)cc1. The molecule has 1 amide bonds. The van der Waals surface area contributed by atoms with Crippen LogP contribution in [0, 0.1) is 12.7 Å². The summed E-state index contributed by atoms with van der Waals surface area (Å²) >= 11 is 0. The minimum Gasteiger partial charge on any atom is -0.376 e. The molecular weight excluding hydrogens is 299 g/mol. The minimum absolute atomic E-state index is 0.0410. The molecule has 7 heteroatoms. The maximum atomic E-state index is 13.0. The van der Waals surface area contributed by atoms with Crippen molar-refractivity contribution in [3.63, 3.8) is 0 Å². The van der Waals surface area contributed by atoms with E-state index >= 15 is 0 Å². The van der Waals surface area contributed by atoms with E-state index in [1.165, 1.54) is 16.8 Å². The Kier molecular flexibility index (Phi) is 4.38. The lowest BCUT2D eigenvalue weighted by Crippen LogP contribution is -2.41. The highest BCUT2D eigenvalue weighted by Gasteiger charge is 2.25. The van der Waals surface area contributed by atoms with Crippen molar-refractivity contribution in [1.82, 2.24) is 20.1 Å². The first-order valence-electron chi connectivity index (χ1n) is 7.66. The van der Waals surface area contributed by atoms with Gasteiger partial charge in [0.2, 0.25) is 5.82 Å². The molecule has 0 aliphatic carbocycles. The quantitative estimate of drug-likeness (QED) is 0.936. The van der Waals surface area contributed by atoms with Crippen LogP contribution < -0.4 is 5.32 Å². The average Bonchev–Trinajstić information content (AvgIpc) is 3.17. The van der Waals surface area contributed by atoms with E-state index in [9.17, 15) is 9.18 Å². The number of benzene rings is 1. The molecule has 0 saturated carbocycles. The normalized spacial score (nSPS) is 18.8. The molecule has 1 aliphatic heterocycles. The number of amides is 1. The molecule has 0 radical (unpaired) electrons. The average molecular weight is 318 g/mol. The Morgan fingerprint density at radius 3 is 2.83 bits per heavy atom. The number of nitrogens with zero attached hydrogens (tertiary/aromatic N) is 3. The van der Waals surface area contributed by atoms with Crippen LogP contribution >= 0.6 is 0 Å². The lowest BCUT2D eigenvalue weighted by molar-refractivity contribution is 0.0706. The molecule has 1 fully saturated rings. The summed E-state index contributed by atoms with van der Waals surface area (Å²) in [5, 5.41) is 7.10. The van der Waals surface area contributed by atoms with Gasteiger partial charge in [-0.2, -0.15) is 0 Å². The van der Waals surface area contributed by atoms with Gasteiger partial charge in [-0.25, -0.2) is 14.1 Å². The Morgan fingerprint density at radius 1 is 1.43 bits per heavy atom. The zero-order valence-corrected chi connectivity index (χ0v) is 13.1. The molecule has 6 nitrogen and oxygen atoms in total. The van der Waals surface area contributed by atoms with Crippen LogP contribution in [0.2, 0.25) is 0 Å². The van der Waals surface area contributed by atoms with Crippen LogP contribution in [0.25, 0.3) is 5.69 Å². The molecule has 122 valence electrons. The fourth-order valence-corrected chi connectivity index (χ4v) is 2.67. The van der Waals surface area contributed by atoms with Gasteiger partial charge >= 0.3 is 0 Å². The minimum atomic E-state index is -0.336. The molecular formula is C16H19FN4O2. The number of aryl methyl sites for hydroxylation is 1. The second-order valence-corrected chi connectivity index (χ2v) is 5.68. The van der Waals surface area contributed by atoms with Crippen LogP contribution in [0.4, 0.5) is 4.39 Å². The Morgan fingerprint density at radius 2 is 2.17 bits per heavy atom. The number of hydrogen-bond donors (Lipinski definition) is 1. The van der Waals surface area contributed by atoms with Gasteiger partial charge in [-0.05, 0) is 51.0 Å². The lowest BCUT2D eigenvalue weighted by atomic mass is 10.1. The molecule has 0 spiro atoms. The standard InChI is InChI=1S/C16H19FN4O2/c1-10(14-4-3-9-23-14)18-16(22)15-19-11(2)21(20-15)13-7-5-12(17)6-8-13/h5-8,10,14H,3-4,9H2,1-2H3,(H,18,22)/t10-,14+/m1/s1. The smallest absolute Gasteiger partial charge is 0.291 e. The molecule has 2 heterocycles. The van der Waals surface area contributed by atoms with Crippen LogP contribution in [0.15, 0.2) is 24.3 Å².